The summed E-state index contributed by atoms with van der Waals surface area (Å²) in [6.07, 6.45) is 1.32. The molecule has 3 atom stereocenters. The Labute approximate surface area is 152 Å². The highest BCUT2D eigenvalue weighted by atomic mass is 15.2. The predicted molar refractivity (Wildman–Crippen MR) is 103 cm³/mol. The van der Waals surface area contributed by atoms with Crippen LogP contribution in [0, 0.1) is 17.4 Å². The van der Waals surface area contributed by atoms with Crippen molar-refractivity contribution in [3.8, 4) is 0 Å². The first kappa shape index (κ1) is 16.8. The Kier molecular flexibility index (Phi) is 4.66. The van der Waals surface area contributed by atoms with Gasteiger partial charge >= 0.3 is 0 Å². The van der Waals surface area contributed by atoms with Crippen molar-refractivity contribution in [1.82, 2.24) is 9.80 Å². The van der Waals surface area contributed by atoms with Crippen molar-refractivity contribution in [2.24, 2.45) is 11.3 Å². The van der Waals surface area contributed by atoms with Crippen LogP contribution < -0.4 is 0 Å². The summed E-state index contributed by atoms with van der Waals surface area (Å²) in [5, 5.41) is 0. The minimum atomic E-state index is 0.347. The van der Waals surface area contributed by atoms with Crippen molar-refractivity contribution >= 4 is 0 Å². The van der Waals surface area contributed by atoms with Gasteiger partial charge in [-0.1, -0.05) is 61.5 Å². The third-order valence-electron chi connectivity index (χ3n) is 6.54. The van der Waals surface area contributed by atoms with E-state index in [1.807, 2.05) is 0 Å². The molecule has 0 bridgehead atoms. The van der Waals surface area contributed by atoms with Crippen LogP contribution in [-0.4, -0.2) is 43.0 Å². The second kappa shape index (κ2) is 6.93. The molecule has 1 radical (unpaired) electrons. The van der Waals surface area contributed by atoms with Gasteiger partial charge in [-0.15, -0.1) is 0 Å². The third-order valence-corrected chi connectivity index (χ3v) is 6.54. The molecule has 4 rings (SSSR count). The standard InChI is InChI=1S/C23H29N2/c1-19(21-11-7-4-8-12-21)23-17-24(2)14-13-22(23)16-25(18-23)15-20-9-5-3-6-10-20/h3-11,19,22H,13-18H2,1-2H3. The number of rotatable bonds is 4. The Morgan fingerprint density at radius 3 is 2.68 bits per heavy atom. The molecule has 0 saturated carbocycles. The maximum absolute atomic E-state index is 3.52. The fraction of sp³-hybridized carbons (Fsp3) is 0.478. The average Bonchev–Trinajstić information content (AvgIpc) is 3.01. The zero-order chi connectivity index (χ0) is 17.3. The Morgan fingerprint density at radius 2 is 1.92 bits per heavy atom. The fourth-order valence-corrected chi connectivity index (χ4v) is 5.19. The summed E-state index contributed by atoms with van der Waals surface area (Å²) in [6.45, 7) is 8.38. The Balaban J connectivity index is 1.60. The van der Waals surface area contributed by atoms with Gasteiger partial charge in [0.25, 0.3) is 0 Å². The second-order valence-corrected chi connectivity index (χ2v) is 8.15. The number of nitrogens with zero attached hydrogens (tertiary/aromatic N) is 2. The molecular formula is C23H29N2. The van der Waals surface area contributed by atoms with Gasteiger partial charge in [0.05, 0.1) is 0 Å². The van der Waals surface area contributed by atoms with E-state index in [1.165, 1.54) is 43.7 Å². The highest BCUT2D eigenvalue weighted by molar-refractivity contribution is 5.24. The topological polar surface area (TPSA) is 6.48 Å². The smallest absolute Gasteiger partial charge is 0.0234 e. The summed E-state index contributed by atoms with van der Waals surface area (Å²) in [6, 6.07) is 23.0. The molecule has 2 fully saturated rings. The number of likely N-dealkylation sites (tertiary alicyclic amines) is 2. The molecule has 2 heterocycles. The van der Waals surface area contributed by atoms with Gasteiger partial charge in [0.15, 0.2) is 0 Å². The van der Waals surface area contributed by atoms with Gasteiger partial charge in [-0.05, 0) is 49.0 Å². The normalized spacial score (nSPS) is 28.6. The first-order valence-electron chi connectivity index (χ1n) is 9.59. The molecule has 3 unspecified atom stereocenters. The van der Waals surface area contributed by atoms with Gasteiger partial charge in [0, 0.05) is 31.6 Å². The average molecular weight is 333 g/mol. The summed E-state index contributed by atoms with van der Waals surface area (Å²) >= 11 is 0. The minimum absolute atomic E-state index is 0.347. The zero-order valence-electron chi connectivity index (χ0n) is 15.5. The molecule has 2 aliphatic heterocycles. The van der Waals surface area contributed by atoms with Crippen molar-refractivity contribution < 1.29 is 0 Å². The lowest BCUT2D eigenvalue weighted by molar-refractivity contribution is 0.0558. The van der Waals surface area contributed by atoms with Gasteiger partial charge in [0.2, 0.25) is 0 Å². The van der Waals surface area contributed by atoms with Crippen LogP contribution in [0.4, 0.5) is 0 Å². The van der Waals surface area contributed by atoms with E-state index in [-0.39, 0.29) is 0 Å². The largest absolute Gasteiger partial charge is 0.306 e. The summed E-state index contributed by atoms with van der Waals surface area (Å²) < 4.78 is 0. The lowest BCUT2D eigenvalue weighted by Crippen LogP contribution is -2.50. The van der Waals surface area contributed by atoms with Crippen molar-refractivity contribution in [2.45, 2.75) is 25.8 Å². The maximum Gasteiger partial charge on any atom is 0.0234 e. The molecule has 2 aliphatic rings. The summed E-state index contributed by atoms with van der Waals surface area (Å²) in [5.74, 6) is 1.33. The zero-order valence-corrected chi connectivity index (χ0v) is 15.5. The van der Waals surface area contributed by atoms with Crippen LogP contribution in [0.1, 0.15) is 30.4 Å². The molecule has 2 heteroatoms. The van der Waals surface area contributed by atoms with E-state index in [9.17, 15) is 0 Å². The molecule has 0 amide bonds. The summed E-state index contributed by atoms with van der Waals surface area (Å²) in [7, 11) is 2.29. The molecule has 0 spiro atoms. The van der Waals surface area contributed by atoms with E-state index < -0.39 is 0 Å². The molecular weight excluding hydrogens is 304 g/mol. The minimum Gasteiger partial charge on any atom is -0.306 e. The number of fused-ring (bicyclic) bond motifs is 1. The van der Waals surface area contributed by atoms with E-state index in [2.05, 4.69) is 84.4 Å². The Hall–Kier alpha value is -1.64. The highest BCUT2D eigenvalue weighted by Gasteiger charge is 2.52. The molecule has 2 aromatic carbocycles. The predicted octanol–water partition coefficient (Wildman–Crippen LogP) is 4.04. The van der Waals surface area contributed by atoms with Crippen LogP contribution in [0.3, 0.4) is 0 Å². The van der Waals surface area contributed by atoms with Crippen molar-refractivity contribution in [1.29, 1.82) is 0 Å². The van der Waals surface area contributed by atoms with Gasteiger partial charge in [-0.2, -0.15) is 0 Å². The quantitative estimate of drug-likeness (QED) is 0.833. The van der Waals surface area contributed by atoms with Gasteiger partial charge in [-0.25, -0.2) is 0 Å². The number of benzene rings is 2. The maximum atomic E-state index is 3.52. The fourth-order valence-electron chi connectivity index (χ4n) is 5.19. The van der Waals surface area contributed by atoms with E-state index in [0.717, 1.165) is 12.5 Å². The van der Waals surface area contributed by atoms with Crippen LogP contribution in [0.15, 0.2) is 54.6 Å². The van der Waals surface area contributed by atoms with Gasteiger partial charge in [-0.3, -0.25) is 4.90 Å². The Morgan fingerprint density at radius 1 is 1.12 bits per heavy atom. The van der Waals surface area contributed by atoms with E-state index >= 15 is 0 Å². The molecule has 0 N–H and O–H groups in total. The first-order valence-corrected chi connectivity index (χ1v) is 9.59. The van der Waals surface area contributed by atoms with Crippen molar-refractivity contribution in [2.75, 3.05) is 33.2 Å². The van der Waals surface area contributed by atoms with Gasteiger partial charge in [0.1, 0.15) is 0 Å². The molecule has 2 saturated heterocycles. The summed E-state index contributed by atoms with van der Waals surface area (Å²) in [5.41, 5.74) is 3.16. The Bertz CT molecular complexity index is 684. The van der Waals surface area contributed by atoms with Crippen LogP contribution in [0.5, 0.6) is 0 Å². The molecule has 2 aromatic rings. The third kappa shape index (κ3) is 3.26. The molecule has 2 nitrogen and oxygen atoms in total. The van der Waals surface area contributed by atoms with Crippen LogP contribution in [0.2, 0.25) is 0 Å². The van der Waals surface area contributed by atoms with Crippen LogP contribution >= 0.6 is 0 Å². The summed E-state index contributed by atoms with van der Waals surface area (Å²) in [4.78, 5) is 5.24. The van der Waals surface area contributed by atoms with Crippen molar-refractivity contribution in [3.05, 3.63) is 71.8 Å². The van der Waals surface area contributed by atoms with E-state index in [0.29, 0.717) is 11.3 Å². The number of hydrogen-bond acceptors (Lipinski definition) is 2. The van der Waals surface area contributed by atoms with Gasteiger partial charge < -0.3 is 4.90 Å². The molecule has 131 valence electrons. The molecule has 25 heavy (non-hydrogen) atoms. The van der Waals surface area contributed by atoms with Crippen molar-refractivity contribution in [3.63, 3.8) is 0 Å². The highest BCUT2D eigenvalue weighted by Crippen LogP contribution is 2.51. The van der Waals surface area contributed by atoms with Crippen LogP contribution in [0.25, 0.3) is 0 Å². The lowest BCUT2D eigenvalue weighted by atomic mass is 9.64. The van der Waals surface area contributed by atoms with Crippen LogP contribution in [-0.2, 0) is 6.54 Å². The monoisotopic (exact) mass is 333 g/mol. The molecule has 0 aromatic heterocycles. The lowest BCUT2D eigenvalue weighted by Gasteiger charge is -2.47. The number of piperidine rings is 1. The van der Waals surface area contributed by atoms with E-state index in [1.54, 1.807) is 0 Å². The second-order valence-electron chi connectivity index (χ2n) is 8.15. The van der Waals surface area contributed by atoms with E-state index in [4.69, 9.17) is 0 Å². The SMILES string of the molecule is CC(c1[c]cccc1)C12CN(C)CCC1CN(Cc1ccccc1)C2. The molecule has 0 aliphatic carbocycles. The first-order chi connectivity index (χ1) is 12.2. The number of hydrogen-bond donors (Lipinski definition) is 0.